The SMILES string of the molecule is O=C(Nc1cc(F)c(N2CCCC2)c(F)c1)C12CC3CC(CC(C3)C1)C2. The van der Waals surface area contributed by atoms with Gasteiger partial charge in [-0.1, -0.05) is 0 Å². The Labute approximate surface area is 153 Å². The van der Waals surface area contributed by atoms with E-state index in [0.717, 1.165) is 32.1 Å². The standard InChI is InChI=1S/C21H26F2N2O/c22-17-8-16(9-18(23)19(17)25-3-1-2-4-25)24-20(26)21-10-13-5-14(11-21)7-15(6-13)12-21/h8-9,13-15H,1-7,10-12H2,(H,24,26). The second-order valence-electron chi connectivity index (χ2n) is 9.13. The number of nitrogens with one attached hydrogen (secondary N) is 1. The third-order valence-corrected chi connectivity index (χ3v) is 7.22. The number of benzene rings is 1. The Bertz CT molecular complexity index is 683. The van der Waals surface area contributed by atoms with E-state index in [1.807, 2.05) is 0 Å². The van der Waals surface area contributed by atoms with Gasteiger partial charge in [-0.2, -0.15) is 0 Å². The molecule has 1 aliphatic heterocycles. The fourth-order valence-electron chi connectivity index (χ4n) is 6.53. The summed E-state index contributed by atoms with van der Waals surface area (Å²) < 4.78 is 29.1. The molecule has 0 spiro atoms. The van der Waals surface area contributed by atoms with Crippen LogP contribution >= 0.6 is 0 Å². The molecule has 1 N–H and O–H groups in total. The molecule has 0 aromatic heterocycles. The topological polar surface area (TPSA) is 32.3 Å². The molecule has 140 valence electrons. The average molecular weight is 360 g/mol. The molecule has 26 heavy (non-hydrogen) atoms. The Morgan fingerprint density at radius 2 is 1.46 bits per heavy atom. The summed E-state index contributed by atoms with van der Waals surface area (Å²) in [4.78, 5) is 14.8. The molecule has 1 heterocycles. The lowest BCUT2D eigenvalue weighted by Crippen LogP contribution is -2.51. The summed E-state index contributed by atoms with van der Waals surface area (Å²) in [5.74, 6) is 0.818. The fourth-order valence-corrected chi connectivity index (χ4v) is 6.53. The van der Waals surface area contributed by atoms with Gasteiger partial charge < -0.3 is 10.2 Å². The van der Waals surface area contributed by atoms with Crippen LogP contribution in [0.3, 0.4) is 0 Å². The zero-order chi connectivity index (χ0) is 17.9. The number of hydrogen-bond acceptors (Lipinski definition) is 2. The van der Waals surface area contributed by atoms with Gasteiger partial charge in [-0.3, -0.25) is 4.79 Å². The van der Waals surface area contributed by atoms with E-state index in [1.165, 1.54) is 31.4 Å². The highest BCUT2D eigenvalue weighted by Crippen LogP contribution is 2.60. The van der Waals surface area contributed by atoms with Crippen molar-refractivity contribution in [1.82, 2.24) is 0 Å². The normalized spacial score (nSPS) is 35.2. The van der Waals surface area contributed by atoms with Gasteiger partial charge in [0, 0.05) is 18.8 Å². The van der Waals surface area contributed by atoms with E-state index in [-0.39, 0.29) is 22.7 Å². The minimum atomic E-state index is -0.576. The van der Waals surface area contributed by atoms with Gasteiger partial charge in [0.2, 0.25) is 5.91 Å². The van der Waals surface area contributed by atoms with Crippen molar-refractivity contribution in [1.29, 1.82) is 0 Å². The van der Waals surface area contributed by atoms with Crippen molar-refractivity contribution in [3.8, 4) is 0 Å². The van der Waals surface area contributed by atoms with Crippen LogP contribution < -0.4 is 10.2 Å². The number of carbonyl (C=O) groups is 1. The second-order valence-corrected chi connectivity index (χ2v) is 9.13. The van der Waals surface area contributed by atoms with Gasteiger partial charge in [0.1, 0.15) is 5.69 Å². The van der Waals surface area contributed by atoms with E-state index >= 15 is 0 Å². The smallest absolute Gasteiger partial charge is 0.230 e. The lowest BCUT2D eigenvalue weighted by Gasteiger charge is -2.55. The Balaban J connectivity index is 1.37. The highest BCUT2D eigenvalue weighted by molar-refractivity contribution is 5.95. The molecular weight excluding hydrogens is 334 g/mol. The summed E-state index contributed by atoms with van der Waals surface area (Å²) in [5, 5.41) is 2.86. The van der Waals surface area contributed by atoms with Crippen LogP contribution in [0, 0.1) is 34.8 Å². The highest BCUT2D eigenvalue weighted by atomic mass is 19.1. The molecule has 0 unspecified atom stereocenters. The van der Waals surface area contributed by atoms with E-state index in [0.29, 0.717) is 30.8 Å². The quantitative estimate of drug-likeness (QED) is 0.846. The van der Waals surface area contributed by atoms with E-state index in [1.54, 1.807) is 4.90 Å². The van der Waals surface area contributed by atoms with E-state index in [2.05, 4.69) is 5.32 Å². The van der Waals surface area contributed by atoms with Crippen LogP contribution in [0.15, 0.2) is 12.1 Å². The van der Waals surface area contributed by atoms with Crippen LogP contribution in [0.4, 0.5) is 20.2 Å². The van der Waals surface area contributed by atoms with Crippen LogP contribution in [-0.4, -0.2) is 19.0 Å². The molecule has 1 amide bonds. The number of amides is 1. The lowest BCUT2D eigenvalue weighted by atomic mass is 9.49. The molecule has 0 radical (unpaired) electrons. The van der Waals surface area contributed by atoms with E-state index in [9.17, 15) is 13.6 Å². The fraction of sp³-hybridized carbons (Fsp3) is 0.667. The summed E-state index contributed by atoms with van der Waals surface area (Å²) in [6, 6.07) is 2.57. The first-order valence-electron chi connectivity index (χ1n) is 10.1. The van der Waals surface area contributed by atoms with Crippen LogP contribution in [0.5, 0.6) is 0 Å². The Kier molecular flexibility index (Phi) is 3.77. The van der Waals surface area contributed by atoms with Crippen LogP contribution in [0.2, 0.25) is 0 Å². The maximum atomic E-state index is 14.5. The summed E-state index contributed by atoms with van der Waals surface area (Å²) in [6.07, 6.45) is 8.55. The molecule has 5 heteroatoms. The highest BCUT2D eigenvalue weighted by Gasteiger charge is 2.54. The van der Waals surface area contributed by atoms with Crippen molar-refractivity contribution < 1.29 is 13.6 Å². The summed E-state index contributed by atoms with van der Waals surface area (Å²) >= 11 is 0. The van der Waals surface area contributed by atoms with Crippen LogP contribution in [0.1, 0.15) is 51.4 Å². The number of rotatable bonds is 3. The van der Waals surface area contributed by atoms with Gasteiger partial charge in [-0.25, -0.2) is 8.78 Å². The van der Waals surface area contributed by atoms with Crippen molar-refractivity contribution in [2.45, 2.75) is 51.4 Å². The zero-order valence-electron chi connectivity index (χ0n) is 15.1. The predicted octanol–water partition coefficient (Wildman–Crippen LogP) is 4.72. The molecule has 3 nitrogen and oxygen atoms in total. The van der Waals surface area contributed by atoms with Crippen molar-refractivity contribution in [2.75, 3.05) is 23.3 Å². The first-order chi connectivity index (χ1) is 12.5. The molecule has 1 saturated heterocycles. The molecule has 4 saturated carbocycles. The van der Waals surface area contributed by atoms with E-state index in [4.69, 9.17) is 0 Å². The minimum Gasteiger partial charge on any atom is -0.367 e. The molecule has 6 rings (SSSR count). The van der Waals surface area contributed by atoms with Gasteiger partial charge >= 0.3 is 0 Å². The maximum Gasteiger partial charge on any atom is 0.230 e. The number of hydrogen-bond donors (Lipinski definition) is 1. The Morgan fingerprint density at radius 1 is 0.962 bits per heavy atom. The zero-order valence-corrected chi connectivity index (χ0v) is 15.1. The van der Waals surface area contributed by atoms with Gasteiger partial charge in [0.15, 0.2) is 11.6 Å². The van der Waals surface area contributed by atoms with Gasteiger partial charge in [0.25, 0.3) is 0 Å². The summed E-state index contributed by atoms with van der Waals surface area (Å²) in [7, 11) is 0. The molecular formula is C21H26F2N2O. The minimum absolute atomic E-state index is 0.0238. The van der Waals surface area contributed by atoms with Gasteiger partial charge in [-0.15, -0.1) is 0 Å². The number of nitrogens with zero attached hydrogens (tertiary/aromatic N) is 1. The summed E-state index contributed by atoms with van der Waals surface area (Å²) in [5.41, 5.74) is -0.00557. The predicted molar refractivity (Wildman–Crippen MR) is 97.0 cm³/mol. The molecule has 1 aromatic rings. The third kappa shape index (κ3) is 2.62. The van der Waals surface area contributed by atoms with Crippen molar-refractivity contribution >= 4 is 17.3 Å². The molecule has 5 aliphatic rings. The van der Waals surface area contributed by atoms with Crippen molar-refractivity contribution in [3.63, 3.8) is 0 Å². The van der Waals surface area contributed by atoms with Crippen molar-refractivity contribution in [3.05, 3.63) is 23.8 Å². The maximum absolute atomic E-state index is 14.5. The summed E-state index contributed by atoms with van der Waals surface area (Å²) in [6.45, 7) is 1.37. The lowest BCUT2D eigenvalue weighted by molar-refractivity contribution is -0.140. The Morgan fingerprint density at radius 3 is 1.96 bits per heavy atom. The molecule has 5 fully saturated rings. The van der Waals surface area contributed by atoms with Crippen LogP contribution in [-0.2, 0) is 4.79 Å². The van der Waals surface area contributed by atoms with Gasteiger partial charge in [0.05, 0.1) is 5.41 Å². The molecule has 4 aliphatic carbocycles. The molecule has 4 bridgehead atoms. The van der Waals surface area contributed by atoms with Crippen molar-refractivity contribution in [2.24, 2.45) is 23.2 Å². The first-order valence-corrected chi connectivity index (χ1v) is 10.1. The molecule has 0 atom stereocenters. The number of anilines is 2. The van der Waals surface area contributed by atoms with E-state index < -0.39 is 11.6 Å². The molecule has 1 aromatic carbocycles. The van der Waals surface area contributed by atoms with Gasteiger partial charge in [-0.05, 0) is 81.3 Å². The monoisotopic (exact) mass is 360 g/mol. The third-order valence-electron chi connectivity index (χ3n) is 7.22. The number of carbonyl (C=O) groups excluding carboxylic acids is 1. The second kappa shape index (κ2) is 5.93. The number of halogens is 2. The van der Waals surface area contributed by atoms with Crippen LogP contribution in [0.25, 0.3) is 0 Å². The largest absolute Gasteiger partial charge is 0.367 e. The average Bonchev–Trinajstić information content (AvgIpc) is 3.07. The Hall–Kier alpha value is -1.65. The first kappa shape index (κ1) is 16.5.